The van der Waals surface area contributed by atoms with Crippen LogP contribution in [0.15, 0.2) is 0 Å². The highest BCUT2D eigenvalue weighted by Crippen LogP contribution is 2.13. The number of aliphatic hydroxyl groups is 2. The Kier molecular flexibility index (Phi) is 19.9. The Balaban J connectivity index is 3.58. The Bertz CT molecular complexity index is 409. The van der Waals surface area contributed by atoms with Crippen molar-refractivity contribution in [1.82, 2.24) is 5.32 Å². The number of thioether (sulfide) groups is 1. The zero-order valence-corrected chi connectivity index (χ0v) is 19.1. The van der Waals surface area contributed by atoms with Crippen LogP contribution in [0.1, 0.15) is 96.8 Å². The van der Waals surface area contributed by atoms with Gasteiger partial charge in [-0.05, 0) is 6.42 Å². The van der Waals surface area contributed by atoms with Gasteiger partial charge in [0.05, 0.1) is 12.7 Å². The van der Waals surface area contributed by atoms with Crippen molar-refractivity contribution < 1.29 is 24.9 Å². The first-order valence-electron chi connectivity index (χ1n) is 11.4. The van der Waals surface area contributed by atoms with Crippen molar-refractivity contribution in [2.24, 2.45) is 0 Å². The van der Waals surface area contributed by atoms with Crippen molar-refractivity contribution in [2.75, 3.05) is 18.1 Å². The topological polar surface area (TPSA) is 107 Å². The third-order valence-corrected chi connectivity index (χ3v) is 6.14. The average molecular weight is 434 g/mol. The molecule has 0 saturated carbocycles. The van der Waals surface area contributed by atoms with Crippen LogP contribution in [0.2, 0.25) is 0 Å². The molecule has 29 heavy (non-hydrogen) atoms. The molecule has 172 valence electrons. The van der Waals surface area contributed by atoms with Crippen LogP contribution in [-0.2, 0) is 9.59 Å². The Labute approximate surface area is 181 Å². The summed E-state index contributed by atoms with van der Waals surface area (Å²) in [6, 6.07) is -0.958. The van der Waals surface area contributed by atoms with E-state index in [1.54, 1.807) is 0 Å². The Morgan fingerprint density at radius 1 is 0.828 bits per heavy atom. The van der Waals surface area contributed by atoms with Crippen molar-refractivity contribution in [3.8, 4) is 0 Å². The minimum absolute atomic E-state index is 0.177. The number of hydrogen-bond acceptors (Lipinski definition) is 5. The maximum Gasteiger partial charge on any atom is 0.327 e. The number of aliphatic hydroxyl groups excluding tert-OH is 2. The van der Waals surface area contributed by atoms with E-state index in [4.69, 9.17) is 5.11 Å². The zero-order valence-electron chi connectivity index (χ0n) is 18.2. The third-order valence-electron chi connectivity index (χ3n) is 4.95. The van der Waals surface area contributed by atoms with Gasteiger partial charge in [-0.3, -0.25) is 4.79 Å². The van der Waals surface area contributed by atoms with Gasteiger partial charge in [0.25, 0.3) is 0 Å². The normalized spacial score (nSPS) is 13.2. The smallest absolute Gasteiger partial charge is 0.327 e. The maximum absolute atomic E-state index is 11.9. The van der Waals surface area contributed by atoms with Gasteiger partial charge in [-0.1, -0.05) is 84.0 Å². The number of carbonyl (C=O) groups excluding carboxylic acids is 1. The van der Waals surface area contributed by atoms with Gasteiger partial charge >= 0.3 is 5.97 Å². The summed E-state index contributed by atoms with van der Waals surface area (Å²) in [6.45, 7) is 1.89. The van der Waals surface area contributed by atoms with E-state index in [9.17, 15) is 19.8 Å². The van der Waals surface area contributed by atoms with E-state index < -0.39 is 18.1 Å². The predicted octanol–water partition coefficient (Wildman–Crippen LogP) is 4.12. The van der Waals surface area contributed by atoms with E-state index >= 15 is 0 Å². The summed E-state index contributed by atoms with van der Waals surface area (Å²) in [5.41, 5.74) is 0. The fourth-order valence-corrected chi connectivity index (χ4v) is 4.09. The molecule has 0 radical (unpaired) electrons. The minimum atomic E-state index is -1.07. The van der Waals surface area contributed by atoms with Crippen LogP contribution in [-0.4, -0.2) is 57.5 Å². The fraction of sp³-hybridized carbons (Fsp3) is 0.909. The van der Waals surface area contributed by atoms with E-state index in [-0.39, 0.29) is 24.0 Å². The van der Waals surface area contributed by atoms with E-state index in [1.807, 2.05) is 0 Å². The molecule has 7 heteroatoms. The number of nitrogens with one attached hydrogen (secondary N) is 1. The fourth-order valence-electron chi connectivity index (χ4n) is 3.12. The molecular formula is C22H43NO5S. The third kappa shape index (κ3) is 18.9. The van der Waals surface area contributed by atoms with Crippen molar-refractivity contribution in [3.05, 3.63) is 0 Å². The molecule has 4 N–H and O–H groups in total. The molecule has 0 aromatic heterocycles. The lowest BCUT2D eigenvalue weighted by Gasteiger charge is -2.15. The lowest BCUT2D eigenvalue weighted by molar-refractivity contribution is -0.141. The molecule has 0 heterocycles. The lowest BCUT2D eigenvalue weighted by Crippen LogP contribution is -2.42. The van der Waals surface area contributed by atoms with E-state index in [1.165, 1.54) is 76.0 Å². The predicted molar refractivity (Wildman–Crippen MR) is 120 cm³/mol. The van der Waals surface area contributed by atoms with Crippen molar-refractivity contribution in [3.63, 3.8) is 0 Å². The summed E-state index contributed by atoms with van der Waals surface area (Å²) in [5, 5.41) is 29.8. The molecule has 2 atom stereocenters. The molecule has 0 saturated heterocycles. The van der Waals surface area contributed by atoms with Crippen molar-refractivity contribution >= 4 is 23.6 Å². The number of unbranched alkanes of at least 4 members (excludes halogenated alkanes) is 12. The SMILES string of the molecule is CCCCCCCCCCCCCCCC(=O)N[C@H](CSC[C@@H](O)CO)C(=O)O. The number of hydrogen-bond donors (Lipinski definition) is 4. The first-order valence-corrected chi connectivity index (χ1v) is 12.6. The zero-order chi connectivity index (χ0) is 21.7. The quantitative estimate of drug-likeness (QED) is 0.203. The van der Waals surface area contributed by atoms with E-state index in [0.29, 0.717) is 6.42 Å². The molecule has 0 aromatic carbocycles. The molecule has 0 spiro atoms. The number of carbonyl (C=O) groups is 2. The molecule has 0 aromatic rings. The molecule has 0 aliphatic heterocycles. The molecule has 1 amide bonds. The van der Waals surface area contributed by atoms with Gasteiger partial charge in [-0.15, -0.1) is 0 Å². The number of rotatable bonds is 21. The lowest BCUT2D eigenvalue weighted by atomic mass is 10.0. The Hall–Kier alpha value is -0.790. The van der Waals surface area contributed by atoms with Crippen LogP contribution in [0.25, 0.3) is 0 Å². The van der Waals surface area contributed by atoms with Gasteiger partial charge in [0.15, 0.2) is 0 Å². The first kappa shape index (κ1) is 28.2. The van der Waals surface area contributed by atoms with Crippen LogP contribution in [0.3, 0.4) is 0 Å². The molecular weight excluding hydrogens is 390 g/mol. The highest BCUT2D eigenvalue weighted by molar-refractivity contribution is 7.99. The second kappa shape index (κ2) is 20.5. The van der Waals surface area contributed by atoms with Crippen LogP contribution < -0.4 is 5.32 Å². The molecule has 0 bridgehead atoms. The Morgan fingerprint density at radius 3 is 1.76 bits per heavy atom. The number of aliphatic carboxylic acids is 1. The molecule has 0 aliphatic carbocycles. The van der Waals surface area contributed by atoms with Crippen LogP contribution >= 0.6 is 11.8 Å². The monoisotopic (exact) mass is 433 g/mol. The molecule has 0 aliphatic rings. The largest absolute Gasteiger partial charge is 0.480 e. The second-order valence-electron chi connectivity index (χ2n) is 7.82. The van der Waals surface area contributed by atoms with Gasteiger partial charge < -0.3 is 20.6 Å². The maximum atomic E-state index is 11.9. The molecule has 0 unspecified atom stereocenters. The molecule has 0 fully saturated rings. The van der Waals surface area contributed by atoms with Crippen molar-refractivity contribution in [1.29, 1.82) is 0 Å². The Morgan fingerprint density at radius 2 is 1.31 bits per heavy atom. The number of carboxylic acids is 1. The summed E-state index contributed by atoms with van der Waals surface area (Å²) >= 11 is 1.21. The standard InChI is InChI=1S/C22H43NO5S/c1-2-3-4-5-6-7-8-9-10-11-12-13-14-15-21(26)23-20(22(27)28)18-29-17-19(25)16-24/h19-20,24-25H,2-18H2,1H3,(H,23,26)(H,27,28)/t19-,20+/m0/s1. The minimum Gasteiger partial charge on any atom is -0.480 e. The first-order chi connectivity index (χ1) is 14.0. The molecule has 6 nitrogen and oxygen atoms in total. The van der Waals surface area contributed by atoms with Crippen LogP contribution in [0, 0.1) is 0 Å². The van der Waals surface area contributed by atoms with Gasteiger partial charge in [-0.25, -0.2) is 4.79 Å². The summed E-state index contributed by atoms with van der Waals surface area (Å²) in [6.07, 6.45) is 15.6. The van der Waals surface area contributed by atoms with Gasteiger partial charge in [0.2, 0.25) is 5.91 Å². The van der Waals surface area contributed by atoms with Crippen molar-refractivity contribution in [2.45, 2.75) is 109 Å². The van der Waals surface area contributed by atoms with E-state index in [0.717, 1.165) is 19.3 Å². The van der Waals surface area contributed by atoms with Gasteiger partial charge in [0.1, 0.15) is 6.04 Å². The highest BCUT2D eigenvalue weighted by Gasteiger charge is 2.20. The summed E-state index contributed by atoms with van der Waals surface area (Å²) in [7, 11) is 0. The van der Waals surface area contributed by atoms with Crippen LogP contribution in [0.5, 0.6) is 0 Å². The average Bonchev–Trinajstić information content (AvgIpc) is 2.70. The summed E-state index contributed by atoms with van der Waals surface area (Å²) in [4.78, 5) is 23.2. The van der Waals surface area contributed by atoms with Crippen LogP contribution in [0.4, 0.5) is 0 Å². The van der Waals surface area contributed by atoms with Gasteiger partial charge in [0, 0.05) is 17.9 Å². The molecule has 0 rings (SSSR count). The highest BCUT2D eigenvalue weighted by atomic mass is 32.2. The summed E-state index contributed by atoms with van der Waals surface area (Å²) in [5.74, 6) is -0.885. The summed E-state index contributed by atoms with van der Waals surface area (Å²) < 4.78 is 0. The second-order valence-corrected chi connectivity index (χ2v) is 8.90. The van der Waals surface area contributed by atoms with E-state index in [2.05, 4.69) is 12.2 Å². The number of carboxylic acid groups (broad SMARTS) is 1. The number of amides is 1. The van der Waals surface area contributed by atoms with Gasteiger partial charge in [-0.2, -0.15) is 11.8 Å².